The number of rotatable bonds is 6. The Balaban J connectivity index is 1.65. The molecule has 1 atom stereocenters. The number of hydrogen-bond acceptors (Lipinski definition) is 3. The van der Waals surface area contributed by atoms with Gasteiger partial charge in [-0.3, -0.25) is 9.69 Å². The molecule has 0 saturated carbocycles. The van der Waals surface area contributed by atoms with Crippen LogP contribution in [0.1, 0.15) is 17.2 Å². The minimum Gasteiger partial charge on any atom is -0.344 e. The van der Waals surface area contributed by atoms with Gasteiger partial charge in [0.2, 0.25) is 5.91 Å². The Hall–Kier alpha value is -2.43. The fourth-order valence-corrected chi connectivity index (χ4v) is 3.16. The van der Waals surface area contributed by atoms with Gasteiger partial charge < -0.3 is 10.2 Å². The summed E-state index contributed by atoms with van der Waals surface area (Å²) >= 11 is 0. The molecule has 4 nitrogen and oxygen atoms in total. The van der Waals surface area contributed by atoms with E-state index in [4.69, 9.17) is 0 Å². The van der Waals surface area contributed by atoms with Crippen LogP contribution in [0.2, 0.25) is 0 Å². The highest BCUT2D eigenvalue weighted by atomic mass is 16.1. The van der Waals surface area contributed by atoms with Gasteiger partial charge in [-0.05, 0) is 24.3 Å². The van der Waals surface area contributed by atoms with Crippen LogP contribution < -0.4 is 5.32 Å². The normalized spacial score (nSPS) is 17.3. The SMILES string of the molecule is CN1CCN(C[C@@H](NC(=O)/C=C/c2ccccc2)c2ccccc2)CC1. The average Bonchev–Trinajstić information content (AvgIpc) is 2.69. The van der Waals surface area contributed by atoms with E-state index in [2.05, 4.69) is 34.3 Å². The minimum atomic E-state index is -0.0585. The van der Waals surface area contributed by atoms with Crippen LogP contribution in [0, 0.1) is 0 Å². The molecule has 26 heavy (non-hydrogen) atoms. The highest BCUT2D eigenvalue weighted by Gasteiger charge is 2.20. The Morgan fingerprint density at radius 2 is 1.62 bits per heavy atom. The number of piperazine rings is 1. The number of benzene rings is 2. The summed E-state index contributed by atoms with van der Waals surface area (Å²) in [6.45, 7) is 5.06. The van der Waals surface area contributed by atoms with Crippen molar-refractivity contribution in [3.63, 3.8) is 0 Å². The van der Waals surface area contributed by atoms with Crippen LogP contribution >= 0.6 is 0 Å². The van der Waals surface area contributed by atoms with Gasteiger partial charge in [0.15, 0.2) is 0 Å². The van der Waals surface area contributed by atoms with Gasteiger partial charge in [0, 0.05) is 38.8 Å². The van der Waals surface area contributed by atoms with Gasteiger partial charge in [-0.2, -0.15) is 0 Å². The van der Waals surface area contributed by atoms with Crippen LogP contribution in [0.3, 0.4) is 0 Å². The van der Waals surface area contributed by atoms with Crippen molar-refractivity contribution in [2.75, 3.05) is 39.8 Å². The van der Waals surface area contributed by atoms with E-state index in [1.54, 1.807) is 6.08 Å². The second kappa shape index (κ2) is 9.32. The van der Waals surface area contributed by atoms with Crippen LogP contribution in [-0.4, -0.2) is 55.5 Å². The Kier molecular flexibility index (Phi) is 6.58. The smallest absolute Gasteiger partial charge is 0.244 e. The molecule has 3 rings (SSSR count). The van der Waals surface area contributed by atoms with Gasteiger partial charge in [0.05, 0.1) is 6.04 Å². The van der Waals surface area contributed by atoms with Gasteiger partial charge in [-0.15, -0.1) is 0 Å². The van der Waals surface area contributed by atoms with E-state index in [9.17, 15) is 4.79 Å². The third-order valence-electron chi connectivity index (χ3n) is 4.78. The highest BCUT2D eigenvalue weighted by Crippen LogP contribution is 2.15. The number of likely N-dealkylation sites (N-methyl/N-ethyl adjacent to an activating group) is 1. The first kappa shape index (κ1) is 18.4. The van der Waals surface area contributed by atoms with E-state index < -0.39 is 0 Å². The van der Waals surface area contributed by atoms with Crippen molar-refractivity contribution >= 4 is 12.0 Å². The molecule has 1 aliphatic rings. The number of hydrogen-bond donors (Lipinski definition) is 1. The third kappa shape index (κ3) is 5.55. The molecule has 1 N–H and O–H groups in total. The number of amides is 1. The lowest BCUT2D eigenvalue weighted by atomic mass is 10.1. The lowest BCUT2D eigenvalue weighted by molar-refractivity contribution is -0.117. The van der Waals surface area contributed by atoms with Crippen LogP contribution in [0.15, 0.2) is 66.7 Å². The lowest BCUT2D eigenvalue weighted by Crippen LogP contribution is -2.47. The molecule has 0 unspecified atom stereocenters. The fraction of sp³-hybridized carbons (Fsp3) is 0.318. The maximum atomic E-state index is 12.5. The summed E-state index contributed by atoms with van der Waals surface area (Å²) in [6, 6.07) is 20.1. The Bertz CT molecular complexity index is 707. The van der Waals surface area contributed by atoms with Crippen LogP contribution in [0.25, 0.3) is 6.08 Å². The second-order valence-electron chi connectivity index (χ2n) is 6.82. The topological polar surface area (TPSA) is 35.6 Å². The number of carbonyl (C=O) groups is 1. The molecule has 0 radical (unpaired) electrons. The van der Waals surface area contributed by atoms with Gasteiger partial charge in [0.25, 0.3) is 0 Å². The van der Waals surface area contributed by atoms with Crippen molar-refractivity contribution in [1.82, 2.24) is 15.1 Å². The van der Waals surface area contributed by atoms with Gasteiger partial charge in [0.1, 0.15) is 0 Å². The fourth-order valence-electron chi connectivity index (χ4n) is 3.16. The molecule has 1 amide bonds. The first-order valence-corrected chi connectivity index (χ1v) is 9.20. The van der Waals surface area contributed by atoms with Crippen molar-refractivity contribution in [3.8, 4) is 0 Å². The molecule has 136 valence electrons. The summed E-state index contributed by atoms with van der Waals surface area (Å²) in [6.07, 6.45) is 3.47. The summed E-state index contributed by atoms with van der Waals surface area (Å²) in [7, 11) is 2.15. The molecule has 0 bridgehead atoms. The molecular formula is C22H27N3O. The van der Waals surface area contributed by atoms with E-state index >= 15 is 0 Å². The Morgan fingerprint density at radius 3 is 2.27 bits per heavy atom. The second-order valence-corrected chi connectivity index (χ2v) is 6.82. The first-order valence-electron chi connectivity index (χ1n) is 9.20. The zero-order chi connectivity index (χ0) is 18.2. The first-order chi connectivity index (χ1) is 12.7. The van der Waals surface area contributed by atoms with Crippen molar-refractivity contribution in [1.29, 1.82) is 0 Å². The van der Waals surface area contributed by atoms with E-state index in [-0.39, 0.29) is 11.9 Å². The zero-order valence-electron chi connectivity index (χ0n) is 15.3. The predicted molar refractivity (Wildman–Crippen MR) is 107 cm³/mol. The molecule has 2 aromatic carbocycles. The van der Waals surface area contributed by atoms with Crippen molar-refractivity contribution in [2.45, 2.75) is 6.04 Å². The van der Waals surface area contributed by atoms with Crippen LogP contribution in [-0.2, 0) is 4.79 Å². The summed E-state index contributed by atoms with van der Waals surface area (Å²) in [5, 5.41) is 3.18. The molecule has 0 aromatic heterocycles. The molecule has 1 aliphatic heterocycles. The molecule has 1 fully saturated rings. The number of nitrogens with one attached hydrogen (secondary N) is 1. The molecule has 2 aromatic rings. The highest BCUT2D eigenvalue weighted by molar-refractivity contribution is 5.92. The quantitative estimate of drug-likeness (QED) is 0.815. The van der Waals surface area contributed by atoms with Crippen molar-refractivity contribution in [2.24, 2.45) is 0 Å². The third-order valence-corrected chi connectivity index (χ3v) is 4.78. The van der Waals surface area contributed by atoms with E-state index in [1.807, 2.05) is 54.6 Å². The van der Waals surface area contributed by atoms with Gasteiger partial charge in [-0.25, -0.2) is 0 Å². The molecule has 1 saturated heterocycles. The summed E-state index contributed by atoms with van der Waals surface area (Å²) < 4.78 is 0. The largest absolute Gasteiger partial charge is 0.344 e. The summed E-state index contributed by atoms with van der Waals surface area (Å²) in [5.41, 5.74) is 2.17. The molecule has 4 heteroatoms. The van der Waals surface area contributed by atoms with Gasteiger partial charge in [-0.1, -0.05) is 60.7 Å². The molecule has 0 aliphatic carbocycles. The Labute approximate surface area is 156 Å². The maximum absolute atomic E-state index is 12.5. The predicted octanol–water partition coefficient (Wildman–Crippen LogP) is 2.80. The molecule has 1 heterocycles. The van der Waals surface area contributed by atoms with E-state index in [1.165, 1.54) is 0 Å². The standard InChI is InChI=1S/C22H27N3O/c1-24-14-16-25(17-15-24)18-21(20-10-6-3-7-11-20)23-22(26)13-12-19-8-4-2-5-9-19/h2-13,21H,14-18H2,1H3,(H,23,26)/b13-12+/t21-/m1/s1. The summed E-state index contributed by atoms with van der Waals surface area (Å²) in [5.74, 6) is -0.0585. The average molecular weight is 349 g/mol. The van der Waals surface area contributed by atoms with Crippen molar-refractivity contribution < 1.29 is 4.79 Å². The number of carbonyl (C=O) groups excluding carboxylic acids is 1. The Morgan fingerprint density at radius 1 is 1.00 bits per heavy atom. The maximum Gasteiger partial charge on any atom is 0.244 e. The summed E-state index contributed by atoms with van der Waals surface area (Å²) in [4.78, 5) is 17.2. The van der Waals surface area contributed by atoms with Crippen molar-refractivity contribution in [3.05, 3.63) is 77.9 Å². The van der Waals surface area contributed by atoms with E-state index in [0.29, 0.717) is 0 Å². The lowest BCUT2D eigenvalue weighted by Gasteiger charge is -2.34. The zero-order valence-corrected chi connectivity index (χ0v) is 15.3. The molecular weight excluding hydrogens is 322 g/mol. The minimum absolute atomic E-state index is 0.00692. The van der Waals surface area contributed by atoms with Crippen LogP contribution in [0.5, 0.6) is 0 Å². The monoisotopic (exact) mass is 349 g/mol. The van der Waals surface area contributed by atoms with Gasteiger partial charge >= 0.3 is 0 Å². The van der Waals surface area contributed by atoms with E-state index in [0.717, 1.165) is 43.9 Å². The molecule has 0 spiro atoms. The number of nitrogens with zero attached hydrogens (tertiary/aromatic N) is 2. The van der Waals surface area contributed by atoms with Crippen LogP contribution in [0.4, 0.5) is 0 Å².